The number of amides is 1. The Morgan fingerprint density at radius 3 is 3.00 bits per heavy atom. The summed E-state index contributed by atoms with van der Waals surface area (Å²) in [5.41, 5.74) is 1.09. The number of ether oxygens (including phenoxy) is 2. The van der Waals surface area contributed by atoms with E-state index < -0.39 is 6.09 Å². The van der Waals surface area contributed by atoms with Gasteiger partial charge in [0.05, 0.1) is 13.2 Å². The summed E-state index contributed by atoms with van der Waals surface area (Å²) in [6, 6.07) is 7.20. The van der Waals surface area contributed by atoms with Gasteiger partial charge in [-0.2, -0.15) is 0 Å². The summed E-state index contributed by atoms with van der Waals surface area (Å²) >= 11 is 3.31. The monoisotopic (exact) mass is 339 g/mol. The van der Waals surface area contributed by atoms with Crippen molar-refractivity contribution < 1.29 is 19.1 Å². The maximum atomic E-state index is 11.6. The Hall–Kier alpha value is -1.82. The van der Waals surface area contributed by atoms with E-state index in [9.17, 15) is 9.59 Å². The maximum Gasteiger partial charge on any atom is 0.411 e. The molecule has 0 aliphatic carbocycles. The van der Waals surface area contributed by atoms with Crippen molar-refractivity contribution in [2.75, 3.05) is 18.5 Å². The van der Waals surface area contributed by atoms with Gasteiger partial charge >= 0.3 is 12.1 Å². The number of rotatable bonds is 4. The third-order valence-electron chi connectivity index (χ3n) is 2.94. The van der Waals surface area contributed by atoms with Gasteiger partial charge in [-0.15, -0.1) is 0 Å². The molecule has 2 rings (SSSR count). The number of carbonyl (C=O) groups excluding carboxylic acids is 2. The van der Waals surface area contributed by atoms with Gasteiger partial charge in [0.1, 0.15) is 0 Å². The summed E-state index contributed by atoms with van der Waals surface area (Å²) in [5.74, 6) is -0.435. The van der Waals surface area contributed by atoms with Crippen molar-refractivity contribution in [2.24, 2.45) is 5.92 Å². The van der Waals surface area contributed by atoms with E-state index in [4.69, 9.17) is 9.47 Å². The van der Waals surface area contributed by atoms with Crippen molar-refractivity contribution in [1.82, 2.24) is 0 Å². The van der Waals surface area contributed by atoms with Gasteiger partial charge in [-0.05, 0) is 24.6 Å². The van der Waals surface area contributed by atoms with E-state index >= 15 is 0 Å². The van der Waals surface area contributed by atoms with Gasteiger partial charge in [0.15, 0.2) is 0 Å². The van der Waals surface area contributed by atoms with E-state index in [0.29, 0.717) is 24.3 Å². The molecule has 1 atom stereocenters. The van der Waals surface area contributed by atoms with E-state index in [2.05, 4.69) is 27.8 Å². The van der Waals surface area contributed by atoms with E-state index in [-0.39, 0.29) is 18.5 Å². The minimum absolute atomic E-state index is 0.0684. The molecule has 0 saturated carbocycles. The number of nitrogens with one attached hydrogen (secondary N) is 1. The molecule has 1 aromatic rings. The van der Waals surface area contributed by atoms with Gasteiger partial charge < -0.3 is 9.47 Å². The molecule has 0 unspecified atom stereocenters. The number of esters is 1. The third kappa shape index (κ3) is 3.84. The smallest absolute Gasteiger partial charge is 0.411 e. The summed E-state index contributed by atoms with van der Waals surface area (Å²) in [7, 11) is 0. The topological polar surface area (TPSA) is 64.6 Å². The highest BCUT2D eigenvalue weighted by Gasteiger charge is 2.28. The molecule has 1 aliphatic rings. The number of halogens is 1. The van der Waals surface area contributed by atoms with Crippen LogP contribution in [0.15, 0.2) is 40.9 Å². The van der Waals surface area contributed by atoms with Crippen LogP contribution in [0.4, 0.5) is 10.5 Å². The van der Waals surface area contributed by atoms with Crippen molar-refractivity contribution in [3.05, 3.63) is 40.9 Å². The van der Waals surface area contributed by atoms with Gasteiger partial charge in [-0.3, -0.25) is 5.32 Å². The fourth-order valence-electron chi connectivity index (χ4n) is 1.81. The predicted molar refractivity (Wildman–Crippen MR) is 77.3 cm³/mol. The summed E-state index contributed by atoms with van der Waals surface area (Å²) in [6.45, 7) is 4.18. The second-order valence-electron chi connectivity index (χ2n) is 4.38. The highest BCUT2D eigenvalue weighted by Crippen LogP contribution is 2.22. The number of hydrogen-bond acceptors (Lipinski definition) is 4. The fraction of sp³-hybridized carbons (Fsp3) is 0.286. The average Bonchev–Trinajstić information content (AvgIpc) is 2.71. The Balaban J connectivity index is 1.73. The zero-order chi connectivity index (χ0) is 14.5. The first kappa shape index (κ1) is 14.6. The van der Waals surface area contributed by atoms with Gasteiger partial charge in [-0.25, -0.2) is 9.59 Å². The lowest BCUT2D eigenvalue weighted by Gasteiger charge is -2.09. The Morgan fingerprint density at radius 2 is 2.35 bits per heavy atom. The summed E-state index contributed by atoms with van der Waals surface area (Å²) in [4.78, 5) is 22.7. The van der Waals surface area contributed by atoms with Gasteiger partial charge in [-0.1, -0.05) is 28.6 Å². The predicted octanol–water partition coefficient (Wildman–Crippen LogP) is 3.12. The molecule has 1 aromatic carbocycles. The SMILES string of the molecule is C=C1C(=O)OC[C@@H]1CCOC(=O)Nc1cccc(Br)c1. The summed E-state index contributed by atoms with van der Waals surface area (Å²) < 4.78 is 10.8. The molecule has 1 N–H and O–H groups in total. The first-order valence-electron chi connectivity index (χ1n) is 6.11. The Bertz CT molecular complexity index is 544. The molecule has 5 nitrogen and oxygen atoms in total. The van der Waals surface area contributed by atoms with E-state index in [1.165, 1.54) is 0 Å². The first-order chi connectivity index (χ1) is 9.56. The number of carbonyl (C=O) groups is 2. The minimum atomic E-state index is -0.529. The molecule has 1 fully saturated rings. The van der Waals surface area contributed by atoms with Crippen LogP contribution in [-0.4, -0.2) is 25.3 Å². The number of anilines is 1. The molecule has 1 aliphatic heterocycles. The van der Waals surface area contributed by atoms with Gasteiger partial charge in [0.25, 0.3) is 0 Å². The average molecular weight is 340 g/mol. The number of benzene rings is 1. The first-order valence-corrected chi connectivity index (χ1v) is 6.91. The zero-order valence-electron chi connectivity index (χ0n) is 10.7. The fourth-order valence-corrected chi connectivity index (χ4v) is 2.21. The van der Waals surface area contributed by atoms with E-state index in [1.54, 1.807) is 12.1 Å². The molecule has 6 heteroatoms. The molecule has 0 radical (unpaired) electrons. The van der Waals surface area contributed by atoms with Crippen LogP contribution in [0.25, 0.3) is 0 Å². The Labute approximate surface area is 125 Å². The maximum absolute atomic E-state index is 11.6. The lowest BCUT2D eigenvalue weighted by molar-refractivity contribution is -0.135. The highest BCUT2D eigenvalue weighted by molar-refractivity contribution is 9.10. The summed E-state index contributed by atoms with van der Waals surface area (Å²) in [5, 5.41) is 2.62. The normalized spacial score (nSPS) is 17.8. The molecule has 106 valence electrons. The molecule has 20 heavy (non-hydrogen) atoms. The van der Waals surface area contributed by atoms with Crippen LogP contribution in [-0.2, 0) is 14.3 Å². The van der Waals surface area contributed by atoms with Crippen LogP contribution in [0.5, 0.6) is 0 Å². The molecule has 1 amide bonds. The zero-order valence-corrected chi connectivity index (χ0v) is 12.3. The quantitative estimate of drug-likeness (QED) is 0.676. The van der Waals surface area contributed by atoms with Crippen molar-refractivity contribution in [3.63, 3.8) is 0 Å². The van der Waals surface area contributed by atoms with Crippen molar-refractivity contribution >= 4 is 33.7 Å². The summed E-state index contributed by atoms with van der Waals surface area (Å²) in [6.07, 6.45) is -0.00446. The van der Waals surface area contributed by atoms with Gasteiger partial charge in [0.2, 0.25) is 0 Å². The molecular weight excluding hydrogens is 326 g/mol. The molecule has 1 saturated heterocycles. The molecule has 0 aromatic heterocycles. The lowest BCUT2D eigenvalue weighted by atomic mass is 10.0. The van der Waals surface area contributed by atoms with Crippen LogP contribution in [0.3, 0.4) is 0 Å². The third-order valence-corrected chi connectivity index (χ3v) is 3.43. The molecule has 0 spiro atoms. The van der Waals surface area contributed by atoms with E-state index in [1.807, 2.05) is 12.1 Å². The van der Waals surface area contributed by atoms with Crippen LogP contribution in [0.1, 0.15) is 6.42 Å². The molecule has 1 heterocycles. The number of cyclic esters (lactones) is 1. The minimum Gasteiger partial charge on any atom is -0.462 e. The molecular formula is C14H14BrNO4. The molecule has 0 bridgehead atoms. The van der Waals surface area contributed by atoms with E-state index in [0.717, 1.165) is 4.47 Å². The van der Waals surface area contributed by atoms with Crippen LogP contribution in [0.2, 0.25) is 0 Å². The number of hydrogen-bond donors (Lipinski definition) is 1. The Morgan fingerprint density at radius 1 is 1.55 bits per heavy atom. The lowest BCUT2D eigenvalue weighted by Crippen LogP contribution is -2.16. The van der Waals surface area contributed by atoms with Crippen LogP contribution >= 0.6 is 15.9 Å². The second-order valence-corrected chi connectivity index (χ2v) is 5.30. The second kappa shape index (κ2) is 6.56. The van der Waals surface area contributed by atoms with Gasteiger partial charge in [0, 0.05) is 21.7 Å². The standard InChI is InChI=1S/C14H14BrNO4/c1-9-10(8-20-13(9)17)5-6-19-14(18)16-12-4-2-3-11(15)7-12/h2-4,7,10H,1,5-6,8H2,(H,16,18)/t10-/m0/s1. The van der Waals surface area contributed by atoms with Crippen LogP contribution < -0.4 is 5.32 Å². The largest absolute Gasteiger partial charge is 0.462 e. The Kier molecular flexibility index (Phi) is 4.79. The van der Waals surface area contributed by atoms with Crippen LogP contribution in [0, 0.1) is 5.92 Å². The highest BCUT2D eigenvalue weighted by atomic mass is 79.9. The van der Waals surface area contributed by atoms with Crippen molar-refractivity contribution in [3.8, 4) is 0 Å². The van der Waals surface area contributed by atoms with Crippen molar-refractivity contribution in [2.45, 2.75) is 6.42 Å². The van der Waals surface area contributed by atoms with Crippen molar-refractivity contribution in [1.29, 1.82) is 0 Å².